The first-order valence-electron chi connectivity index (χ1n) is 6.73. The molecule has 1 heterocycles. The molecule has 0 aromatic carbocycles. The molecule has 0 bridgehead atoms. The number of hydrogen-bond acceptors (Lipinski definition) is 5. The second kappa shape index (κ2) is 6.12. The van der Waals surface area contributed by atoms with Crippen LogP contribution in [0, 0.1) is 11.3 Å². The van der Waals surface area contributed by atoms with E-state index in [0.717, 1.165) is 0 Å². The zero-order chi connectivity index (χ0) is 15.4. The van der Waals surface area contributed by atoms with Crippen LogP contribution in [0.5, 0.6) is 0 Å². The predicted molar refractivity (Wildman–Crippen MR) is 71.8 cm³/mol. The summed E-state index contributed by atoms with van der Waals surface area (Å²) < 4.78 is 10.2. The molecule has 1 saturated heterocycles. The first kappa shape index (κ1) is 16.3. The number of amides is 1. The molecular formula is C14H22N2O4. The summed E-state index contributed by atoms with van der Waals surface area (Å²) in [4.78, 5) is 25.8. The van der Waals surface area contributed by atoms with E-state index in [9.17, 15) is 9.59 Å². The fourth-order valence-electron chi connectivity index (χ4n) is 2.49. The Kier molecular flexibility index (Phi) is 4.98. The number of nitriles is 1. The predicted octanol–water partition coefficient (Wildman–Crippen LogP) is 2.23. The number of ether oxygens (including phenoxy) is 2. The highest BCUT2D eigenvalue weighted by atomic mass is 16.6. The van der Waals surface area contributed by atoms with E-state index < -0.39 is 23.2 Å². The number of hydrogen-bond donors (Lipinski definition) is 0. The maximum atomic E-state index is 12.3. The highest BCUT2D eigenvalue weighted by Crippen LogP contribution is 2.36. The van der Waals surface area contributed by atoms with Gasteiger partial charge in [0.05, 0.1) is 13.2 Å². The summed E-state index contributed by atoms with van der Waals surface area (Å²) >= 11 is 0. The lowest BCUT2D eigenvalue weighted by molar-refractivity contribution is -0.153. The minimum atomic E-state index is -1.06. The summed E-state index contributed by atoms with van der Waals surface area (Å²) in [6.07, 6.45) is 1.13. The second-order valence-electron chi connectivity index (χ2n) is 5.92. The zero-order valence-electron chi connectivity index (χ0n) is 12.6. The van der Waals surface area contributed by atoms with Gasteiger partial charge in [-0.3, -0.25) is 4.90 Å². The van der Waals surface area contributed by atoms with E-state index in [1.54, 1.807) is 20.8 Å². The number of methoxy groups -OCH3 is 1. The highest BCUT2D eigenvalue weighted by Gasteiger charge is 2.51. The van der Waals surface area contributed by atoms with Crippen LogP contribution in [0.2, 0.25) is 0 Å². The number of rotatable bonds is 3. The van der Waals surface area contributed by atoms with Crippen molar-refractivity contribution in [1.82, 2.24) is 4.90 Å². The molecule has 1 aliphatic rings. The zero-order valence-corrected chi connectivity index (χ0v) is 12.6. The summed E-state index contributed by atoms with van der Waals surface area (Å²) in [6.45, 7) is 5.76. The SMILES string of the molecule is COC(=O)C1(CCC#N)CCCN1C(=O)OC(C)(C)C. The van der Waals surface area contributed by atoms with E-state index in [-0.39, 0.29) is 12.8 Å². The molecule has 1 aliphatic heterocycles. The quantitative estimate of drug-likeness (QED) is 0.742. The van der Waals surface area contributed by atoms with E-state index in [1.807, 2.05) is 6.07 Å². The van der Waals surface area contributed by atoms with Crippen LogP contribution < -0.4 is 0 Å². The average Bonchev–Trinajstić information content (AvgIpc) is 2.78. The van der Waals surface area contributed by atoms with Gasteiger partial charge in [-0.1, -0.05) is 0 Å². The molecule has 0 spiro atoms. The molecule has 1 unspecified atom stereocenters. The standard InChI is InChI=1S/C14H22N2O4/c1-13(2,3)20-12(18)16-10-6-8-14(16,7-5-9-15)11(17)19-4/h5-8,10H2,1-4H3. The van der Waals surface area contributed by atoms with Crippen LogP contribution in [0.25, 0.3) is 0 Å². The Bertz CT molecular complexity index is 422. The first-order valence-corrected chi connectivity index (χ1v) is 6.73. The molecule has 0 aromatic rings. The Hall–Kier alpha value is -1.77. The molecule has 1 amide bonds. The van der Waals surface area contributed by atoms with Crippen molar-refractivity contribution in [2.24, 2.45) is 0 Å². The lowest BCUT2D eigenvalue weighted by atomic mass is 9.90. The van der Waals surface area contributed by atoms with Gasteiger partial charge in [0.1, 0.15) is 11.1 Å². The maximum absolute atomic E-state index is 12.3. The molecule has 0 aliphatic carbocycles. The molecule has 6 nitrogen and oxygen atoms in total. The molecular weight excluding hydrogens is 260 g/mol. The highest BCUT2D eigenvalue weighted by molar-refractivity contribution is 5.86. The Balaban J connectivity index is 3.00. The number of nitrogens with zero attached hydrogens (tertiary/aromatic N) is 2. The molecule has 0 radical (unpaired) electrons. The average molecular weight is 282 g/mol. The van der Waals surface area contributed by atoms with Crippen LogP contribution in [0.1, 0.15) is 46.5 Å². The van der Waals surface area contributed by atoms with Crippen molar-refractivity contribution in [3.63, 3.8) is 0 Å². The van der Waals surface area contributed by atoms with E-state index >= 15 is 0 Å². The van der Waals surface area contributed by atoms with Crippen LogP contribution in [0.15, 0.2) is 0 Å². The third-order valence-electron chi connectivity index (χ3n) is 3.32. The minimum Gasteiger partial charge on any atom is -0.467 e. The number of esters is 1. The molecule has 112 valence electrons. The molecule has 1 rings (SSSR count). The fourth-order valence-corrected chi connectivity index (χ4v) is 2.49. The van der Waals surface area contributed by atoms with Crippen molar-refractivity contribution in [1.29, 1.82) is 5.26 Å². The van der Waals surface area contributed by atoms with Gasteiger partial charge < -0.3 is 9.47 Å². The number of likely N-dealkylation sites (tertiary alicyclic amines) is 1. The number of carbonyl (C=O) groups excluding carboxylic acids is 2. The number of carbonyl (C=O) groups is 2. The first-order chi connectivity index (χ1) is 9.27. The second-order valence-corrected chi connectivity index (χ2v) is 5.92. The van der Waals surface area contributed by atoms with Crippen LogP contribution in [-0.4, -0.2) is 41.8 Å². The molecule has 0 N–H and O–H groups in total. The normalized spacial score (nSPS) is 22.2. The molecule has 0 saturated carbocycles. The molecule has 6 heteroatoms. The van der Waals surface area contributed by atoms with Gasteiger partial charge in [0.2, 0.25) is 0 Å². The van der Waals surface area contributed by atoms with Gasteiger partial charge in [-0.25, -0.2) is 9.59 Å². The van der Waals surface area contributed by atoms with Crippen molar-refractivity contribution in [3.05, 3.63) is 0 Å². The summed E-state index contributed by atoms with van der Waals surface area (Å²) in [5, 5.41) is 8.77. The van der Waals surface area contributed by atoms with Crippen molar-refractivity contribution < 1.29 is 19.1 Å². The molecule has 1 fully saturated rings. The Labute approximate surface area is 119 Å². The summed E-state index contributed by atoms with van der Waals surface area (Å²) in [5.41, 5.74) is -1.69. The largest absolute Gasteiger partial charge is 0.467 e. The lowest BCUT2D eigenvalue weighted by Gasteiger charge is -2.36. The monoisotopic (exact) mass is 282 g/mol. The fraction of sp³-hybridized carbons (Fsp3) is 0.786. The van der Waals surface area contributed by atoms with Crippen molar-refractivity contribution in [3.8, 4) is 6.07 Å². The van der Waals surface area contributed by atoms with Crippen LogP contribution >= 0.6 is 0 Å². The maximum Gasteiger partial charge on any atom is 0.411 e. The van der Waals surface area contributed by atoms with Crippen molar-refractivity contribution >= 4 is 12.1 Å². The van der Waals surface area contributed by atoms with Gasteiger partial charge in [0.25, 0.3) is 0 Å². The third kappa shape index (κ3) is 3.41. The van der Waals surface area contributed by atoms with E-state index in [0.29, 0.717) is 19.4 Å². The van der Waals surface area contributed by atoms with Crippen molar-refractivity contribution in [2.75, 3.05) is 13.7 Å². The van der Waals surface area contributed by atoms with Crippen LogP contribution in [-0.2, 0) is 14.3 Å². The smallest absolute Gasteiger partial charge is 0.411 e. The summed E-state index contributed by atoms with van der Waals surface area (Å²) in [6, 6.07) is 2.02. The molecule has 20 heavy (non-hydrogen) atoms. The minimum absolute atomic E-state index is 0.189. The van der Waals surface area contributed by atoms with E-state index in [1.165, 1.54) is 12.0 Å². The summed E-state index contributed by atoms with van der Waals surface area (Å²) in [7, 11) is 1.29. The van der Waals surface area contributed by atoms with Crippen LogP contribution in [0.3, 0.4) is 0 Å². The molecule has 0 aromatic heterocycles. The van der Waals surface area contributed by atoms with Gasteiger partial charge in [-0.05, 0) is 40.0 Å². The van der Waals surface area contributed by atoms with Gasteiger partial charge in [0, 0.05) is 13.0 Å². The van der Waals surface area contributed by atoms with Gasteiger partial charge in [0.15, 0.2) is 0 Å². The Morgan fingerprint density at radius 1 is 1.40 bits per heavy atom. The Morgan fingerprint density at radius 3 is 2.55 bits per heavy atom. The van der Waals surface area contributed by atoms with E-state index in [2.05, 4.69) is 0 Å². The van der Waals surface area contributed by atoms with Gasteiger partial charge in [-0.15, -0.1) is 0 Å². The Morgan fingerprint density at radius 2 is 2.05 bits per heavy atom. The van der Waals surface area contributed by atoms with Crippen molar-refractivity contribution in [2.45, 2.75) is 57.6 Å². The van der Waals surface area contributed by atoms with E-state index in [4.69, 9.17) is 14.7 Å². The van der Waals surface area contributed by atoms with Crippen LogP contribution in [0.4, 0.5) is 4.79 Å². The lowest BCUT2D eigenvalue weighted by Crippen LogP contribution is -2.54. The molecule has 1 atom stereocenters. The third-order valence-corrected chi connectivity index (χ3v) is 3.32. The van der Waals surface area contributed by atoms with Gasteiger partial charge in [-0.2, -0.15) is 5.26 Å². The van der Waals surface area contributed by atoms with Gasteiger partial charge >= 0.3 is 12.1 Å². The summed E-state index contributed by atoms with van der Waals surface area (Å²) in [5.74, 6) is -0.476. The topological polar surface area (TPSA) is 79.6 Å².